The summed E-state index contributed by atoms with van der Waals surface area (Å²) in [4.78, 5) is 37.0. The van der Waals surface area contributed by atoms with E-state index in [2.05, 4.69) is 4.74 Å². The number of benzene rings is 1. The maximum absolute atomic E-state index is 14.2. The summed E-state index contributed by atoms with van der Waals surface area (Å²) in [6, 6.07) is 0.0330. The van der Waals surface area contributed by atoms with Gasteiger partial charge in [-0.3, -0.25) is 9.59 Å². The summed E-state index contributed by atoms with van der Waals surface area (Å²) in [6.45, 7) is 1.78. The molecular formula is C18H20F3NO5. The minimum atomic E-state index is -1.35. The third-order valence-electron chi connectivity index (χ3n) is 4.49. The highest BCUT2D eigenvalue weighted by Crippen LogP contribution is 2.37. The number of nitrogens with zero attached hydrogens (tertiary/aromatic N) is 1. The van der Waals surface area contributed by atoms with Gasteiger partial charge < -0.3 is 14.4 Å². The molecule has 0 bridgehead atoms. The Morgan fingerprint density at radius 2 is 1.81 bits per heavy atom. The van der Waals surface area contributed by atoms with Gasteiger partial charge in [0.2, 0.25) is 0 Å². The maximum atomic E-state index is 14.2. The molecule has 1 aliphatic heterocycles. The van der Waals surface area contributed by atoms with Crippen LogP contribution >= 0.6 is 0 Å². The molecule has 1 heterocycles. The van der Waals surface area contributed by atoms with E-state index >= 15 is 0 Å². The van der Waals surface area contributed by atoms with Gasteiger partial charge in [0.1, 0.15) is 18.0 Å². The van der Waals surface area contributed by atoms with Crippen LogP contribution in [0.25, 0.3) is 0 Å². The second-order valence-electron chi connectivity index (χ2n) is 6.14. The molecule has 2 rings (SSSR count). The number of hydrogen-bond donors (Lipinski definition) is 0. The van der Waals surface area contributed by atoms with Gasteiger partial charge in [0.15, 0.2) is 11.6 Å². The first-order valence-electron chi connectivity index (χ1n) is 8.45. The van der Waals surface area contributed by atoms with Crippen LogP contribution in [0.15, 0.2) is 12.1 Å². The molecule has 148 valence electrons. The first kappa shape index (κ1) is 20.7. The van der Waals surface area contributed by atoms with Gasteiger partial charge in [-0.2, -0.15) is 0 Å². The van der Waals surface area contributed by atoms with Gasteiger partial charge in [0.25, 0.3) is 0 Å². The Balaban J connectivity index is 2.28. The molecule has 0 aromatic heterocycles. The van der Waals surface area contributed by atoms with E-state index in [0.717, 1.165) is 12.0 Å². The number of likely N-dealkylation sites (tertiary alicyclic amines) is 1. The molecule has 27 heavy (non-hydrogen) atoms. The van der Waals surface area contributed by atoms with E-state index in [4.69, 9.17) is 4.74 Å². The van der Waals surface area contributed by atoms with E-state index in [1.54, 1.807) is 6.92 Å². The van der Waals surface area contributed by atoms with E-state index in [1.165, 1.54) is 0 Å². The van der Waals surface area contributed by atoms with Crippen LogP contribution in [-0.2, 0) is 19.1 Å². The minimum absolute atomic E-state index is 0.0367. The highest BCUT2D eigenvalue weighted by atomic mass is 19.2. The summed E-state index contributed by atoms with van der Waals surface area (Å²) in [5.74, 6) is -5.40. The van der Waals surface area contributed by atoms with Gasteiger partial charge in [0.05, 0.1) is 19.8 Å². The molecule has 0 radical (unpaired) electrons. The number of methoxy groups -OCH3 is 1. The predicted molar refractivity (Wildman–Crippen MR) is 87.1 cm³/mol. The summed E-state index contributed by atoms with van der Waals surface area (Å²) in [6.07, 6.45) is -1.03. The van der Waals surface area contributed by atoms with Gasteiger partial charge in [0, 0.05) is 24.1 Å². The first-order chi connectivity index (χ1) is 12.8. The Kier molecular flexibility index (Phi) is 6.81. The Hall–Kier alpha value is -2.58. The zero-order valence-electron chi connectivity index (χ0n) is 15.0. The number of ketones is 1. The number of Topliss-reactive ketones (excluding diaryl/α,β-unsaturated/α-hetero) is 1. The van der Waals surface area contributed by atoms with E-state index in [-0.39, 0.29) is 31.6 Å². The normalized spacial score (nSPS) is 19.5. The monoisotopic (exact) mass is 387 g/mol. The van der Waals surface area contributed by atoms with Crippen molar-refractivity contribution < 1.29 is 37.0 Å². The smallest absolute Gasteiger partial charge is 0.409 e. The quantitative estimate of drug-likeness (QED) is 0.441. The molecule has 1 amide bonds. The van der Waals surface area contributed by atoms with Crippen LogP contribution in [0.1, 0.15) is 37.8 Å². The topological polar surface area (TPSA) is 72.9 Å². The van der Waals surface area contributed by atoms with Crippen LogP contribution in [0.3, 0.4) is 0 Å². The lowest BCUT2D eigenvalue weighted by Crippen LogP contribution is -2.43. The Labute approximate surface area is 154 Å². The van der Waals surface area contributed by atoms with Crippen LogP contribution < -0.4 is 0 Å². The molecular weight excluding hydrogens is 367 g/mol. The molecule has 1 saturated heterocycles. The molecule has 1 fully saturated rings. The summed E-state index contributed by atoms with van der Waals surface area (Å²) in [5.41, 5.74) is -0.257. The predicted octanol–water partition coefficient (Wildman–Crippen LogP) is 3.15. The van der Waals surface area contributed by atoms with Crippen LogP contribution in [0.4, 0.5) is 18.0 Å². The molecule has 0 N–H and O–H groups in total. The standard InChI is InChI=1S/C18H20F3NO5/c1-3-27-17(24)9-16(23)10-4-5-22(18(25)26-2)15(6-10)11-7-13(20)14(21)8-12(11)19/h7-8,10,15H,3-6,9H2,1-2H3/t10-,15+/m0/s1. The molecule has 2 atom stereocenters. The number of esters is 1. The first-order valence-corrected chi connectivity index (χ1v) is 8.45. The van der Waals surface area contributed by atoms with Crippen molar-refractivity contribution in [3.63, 3.8) is 0 Å². The Bertz CT molecular complexity index is 740. The van der Waals surface area contributed by atoms with Gasteiger partial charge in [-0.05, 0) is 25.8 Å². The minimum Gasteiger partial charge on any atom is -0.466 e. The molecule has 0 unspecified atom stereocenters. The van der Waals surface area contributed by atoms with Gasteiger partial charge >= 0.3 is 12.1 Å². The van der Waals surface area contributed by atoms with Crippen molar-refractivity contribution in [1.29, 1.82) is 0 Å². The fraction of sp³-hybridized carbons (Fsp3) is 0.500. The van der Waals surface area contributed by atoms with Crippen LogP contribution in [0.5, 0.6) is 0 Å². The number of piperidine rings is 1. The fourth-order valence-electron chi connectivity index (χ4n) is 3.18. The zero-order chi connectivity index (χ0) is 20.1. The maximum Gasteiger partial charge on any atom is 0.409 e. The van der Waals surface area contributed by atoms with Crippen molar-refractivity contribution in [1.82, 2.24) is 4.90 Å². The molecule has 0 saturated carbocycles. The fourth-order valence-corrected chi connectivity index (χ4v) is 3.18. The lowest BCUT2D eigenvalue weighted by atomic mass is 9.83. The molecule has 9 heteroatoms. The van der Waals surface area contributed by atoms with Crippen LogP contribution in [-0.4, -0.2) is 43.0 Å². The van der Waals surface area contributed by atoms with Gasteiger partial charge in [-0.25, -0.2) is 18.0 Å². The average molecular weight is 387 g/mol. The molecule has 6 nitrogen and oxygen atoms in total. The summed E-state index contributed by atoms with van der Waals surface area (Å²) in [5, 5.41) is 0. The second kappa shape index (κ2) is 8.88. The highest BCUT2D eigenvalue weighted by Gasteiger charge is 2.38. The van der Waals surface area contributed by atoms with Crippen molar-refractivity contribution in [2.75, 3.05) is 20.3 Å². The van der Waals surface area contributed by atoms with Crippen molar-refractivity contribution in [3.8, 4) is 0 Å². The van der Waals surface area contributed by atoms with Crippen molar-refractivity contribution in [2.24, 2.45) is 5.92 Å². The van der Waals surface area contributed by atoms with E-state index in [0.29, 0.717) is 12.1 Å². The summed E-state index contributed by atoms with van der Waals surface area (Å²) in [7, 11) is 1.14. The lowest BCUT2D eigenvalue weighted by Gasteiger charge is -2.38. The number of carbonyl (C=O) groups is 3. The van der Waals surface area contributed by atoms with E-state index in [9.17, 15) is 27.6 Å². The van der Waals surface area contributed by atoms with E-state index in [1.807, 2.05) is 0 Å². The third-order valence-corrected chi connectivity index (χ3v) is 4.49. The second-order valence-corrected chi connectivity index (χ2v) is 6.14. The van der Waals surface area contributed by atoms with Gasteiger partial charge in [-0.15, -0.1) is 0 Å². The number of amides is 1. The largest absolute Gasteiger partial charge is 0.466 e. The van der Waals surface area contributed by atoms with Gasteiger partial charge in [-0.1, -0.05) is 0 Å². The molecule has 1 aromatic rings. The average Bonchev–Trinajstić information content (AvgIpc) is 2.63. The number of ether oxygens (including phenoxy) is 2. The van der Waals surface area contributed by atoms with Crippen molar-refractivity contribution >= 4 is 17.8 Å². The molecule has 1 aliphatic rings. The van der Waals surface area contributed by atoms with Crippen LogP contribution in [0.2, 0.25) is 0 Å². The Morgan fingerprint density at radius 3 is 2.44 bits per heavy atom. The number of carbonyl (C=O) groups excluding carboxylic acids is 3. The lowest BCUT2D eigenvalue weighted by molar-refractivity contribution is -0.146. The van der Waals surface area contributed by atoms with E-state index < -0.39 is 53.7 Å². The summed E-state index contributed by atoms with van der Waals surface area (Å²) < 4.78 is 50.5. The third kappa shape index (κ3) is 4.78. The number of hydrogen-bond acceptors (Lipinski definition) is 5. The number of halogens is 3. The zero-order valence-corrected chi connectivity index (χ0v) is 15.0. The molecule has 1 aromatic carbocycles. The Morgan fingerprint density at radius 1 is 1.15 bits per heavy atom. The van der Waals surface area contributed by atoms with Crippen LogP contribution in [0, 0.1) is 23.4 Å². The molecule has 0 aliphatic carbocycles. The summed E-state index contributed by atoms with van der Waals surface area (Å²) >= 11 is 0. The van der Waals surface area contributed by atoms with Crippen molar-refractivity contribution in [2.45, 2.75) is 32.2 Å². The highest BCUT2D eigenvalue weighted by molar-refractivity contribution is 5.97. The van der Waals surface area contributed by atoms with Crippen molar-refractivity contribution in [3.05, 3.63) is 35.1 Å². The SMILES string of the molecule is CCOC(=O)CC(=O)[C@H]1CCN(C(=O)OC)[C@@H](c2cc(F)c(F)cc2F)C1. The number of rotatable bonds is 5. The molecule has 0 spiro atoms.